The van der Waals surface area contributed by atoms with Crippen molar-refractivity contribution in [3.63, 3.8) is 0 Å². The van der Waals surface area contributed by atoms with Crippen molar-refractivity contribution in [1.82, 2.24) is 14.7 Å². The maximum Gasteiger partial charge on any atom is 0.254 e. The zero-order valence-electron chi connectivity index (χ0n) is 14.0. The fourth-order valence-electron chi connectivity index (χ4n) is 3.44. The lowest BCUT2D eigenvalue weighted by Crippen LogP contribution is -2.50. The molecule has 0 radical (unpaired) electrons. The number of hydrogen-bond acceptors (Lipinski definition) is 5. The molecule has 0 aliphatic carbocycles. The number of carbonyl (C=O) groups is 1. The lowest BCUT2D eigenvalue weighted by atomic mass is 10.1. The Balaban J connectivity index is 1.63. The normalized spacial score (nSPS) is 23.2. The molecule has 2 fully saturated rings. The van der Waals surface area contributed by atoms with Crippen LogP contribution in [0.1, 0.15) is 16.8 Å². The van der Waals surface area contributed by atoms with Gasteiger partial charge < -0.3 is 20.3 Å². The number of nitrogens with zero attached hydrogens (tertiary/aromatic N) is 3. The summed E-state index contributed by atoms with van der Waals surface area (Å²) in [6.07, 6.45) is 1.06. The number of carbonyl (C=O) groups excluding carboxylic acids is 1. The average Bonchev–Trinajstić information content (AvgIpc) is 3.05. The minimum atomic E-state index is 0.0694. The summed E-state index contributed by atoms with van der Waals surface area (Å²) in [5.41, 5.74) is 7.03. The highest BCUT2D eigenvalue weighted by Crippen LogP contribution is 2.25. The molecule has 0 bridgehead atoms. The molecular formula is C17H26N4O2. The van der Waals surface area contributed by atoms with Gasteiger partial charge in [-0.1, -0.05) is 0 Å². The Kier molecular flexibility index (Phi) is 4.73. The summed E-state index contributed by atoms with van der Waals surface area (Å²) in [6.45, 7) is 6.05. The van der Waals surface area contributed by atoms with E-state index in [-0.39, 0.29) is 5.91 Å². The van der Waals surface area contributed by atoms with Gasteiger partial charge in [0.2, 0.25) is 0 Å². The first-order valence-corrected chi connectivity index (χ1v) is 8.24. The van der Waals surface area contributed by atoms with Crippen LogP contribution < -0.4 is 10.5 Å². The Morgan fingerprint density at radius 2 is 1.96 bits per heavy atom. The van der Waals surface area contributed by atoms with E-state index in [1.165, 1.54) is 0 Å². The first kappa shape index (κ1) is 16.1. The van der Waals surface area contributed by atoms with Crippen LogP contribution in [0.5, 0.6) is 5.75 Å². The molecule has 1 aromatic rings. The van der Waals surface area contributed by atoms with Gasteiger partial charge in [-0.2, -0.15) is 0 Å². The second kappa shape index (κ2) is 6.76. The molecule has 1 aromatic carbocycles. The molecule has 2 aliphatic rings. The maximum atomic E-state index is 12.7. The summed E-state index contributed by atoms with van der Waals surface area (Å²) < 4.78 is 5.22. The number of hydrogen-bond donors (Lipinski definition) is 1. The molecule has 2 aliphatic heterocycles. The Hall–Kier alpha value is -1.79. The molecule has 0 aromatic heterocycles. The van der Waals surface area contributed by atoms with Gasteiger partial charge in [0.05, 0.1) is 12.8 Å². The summed E-state index contributed by atoms with van der Waals surface area (Å²) in [6, 6.07) is 5.74. The predicted molar refractivity (Wildman–Crippen MR) is 90.8 cm³/mol. The second-order valence-electron chi connectivity index (χ2n) is 6.49. The van der Waals surface area contributed by atoms with Crippen molar-refractivity contribution in [1.29, 1.82) is 0 Å². The number of nitrogens with two attached hydrogens (primary N) is 1. The largest absolute Gasteiger partial charge is 0.495 e. The van der Waals surface area contributed by atoms with E-state index >= 15 is 0 Å². The fraction of sp³-hybridized carbons (Fsp3) is 0.588. The van der Waals surface area contributed by atoms with Gasteiger partial charge >= 0.3 is 0 Å². The summed E-state index contributed by atoms with van der Waals surface area (Å²) in [7, 11) is 3.73. The van der Waals surface area contributed by atoms with Crippen molar-refractivity contribution < 1.29 is 9.53 Å². The Bertz CT molecular complexity index is 570. The number of ether oxygens (including phenoxy) is 1. The van der Waals surface area contributed by atoms with Crippen LogP contribution in [0.25, 0.3) is 0 Å². The van der Waals surface area contributed by atoms with Crippen LogP contribution in [-0.2, 0) is 0 Å². The molecule has 1 unspecified atom stereocenters. The number of anilines is 1. The fourth-order valence-corrected chi connectivity index (χ4v) is 3.44. The molecule has 0 saturated carbocycles. The Morgan fingerprint density at radius 3 is 2.65 bits per heavy atom. The topological polar surface area (TPSA) is 62.0 Å². The van der Waals surface area contributed by atoms with Crippen LogP contribution in [0.2, 0.25) is 0 Å². The van der Waals surface area contributed by atoms with E-state index in [1.54, 1.807) is 25.3 Å². The number of piperazine rings is 1. The number of benzene rings is 1. The smallest absolute Gasteiger partial charge is 0.254 e. The second-order valence-corrected chi connectivity index (χ2v) is 6.49. The highest BCUT2D eigenvalue weighted by molar-refractivity contribution is 5.95. The first-order chi connectivity index (χ1) is 11.1. The summed E-state index contributed by atoms with van der Waals surface area (Å²) in [5.74, 6) is 0.630. The van der Waals surface area contributed by atoms with E-state index < -0.39 is 0 Å². The molecule has 2 saturated heterocycles. The van der Waals surface area contributed by atoms with Crippen LogP contribution in [0.3, 0.4) is 0 Å². The van der Waals surface area contributed by atoms with Gasteiger partial charge in [0.25, 0.3) is 5.91 Å². The van der Waals surface area contributed by atoms with Crippen LogP contribution in [0.4, 0.5) is 5.69 Å². The van der Waals surface area contributed by atoms with Gasteiger partial charge in [0, 0.05) is 50.9 Å². The van der Waals surface area contributed by atoms with Crippen molar-refractivity contribution in [2.24, 2.45) is 0 Å². The monoisotopic (exact) mass is 318 g/mol. The molecule has 6 heteroatoms. The number of amides is 1. The molecule has 1 amide bonds. The Labute approximate surface area is 137 Å². The zero-order valence-corrected chi connectivity index (χ0v) is 14.0. The number of methoxy groups -OCH3 is 1. The molecule has 0 spiro atoms. The minimum Gasteiger partial charge on any atom is -0.495 e. The molecule has 3 rings (SSSR count). The van der Waals surface area contributed by atoms with Crippen molar-refractivity contribution in [2.75, 3.05) is 59.2 Å². The number of rotatable bonds is 3. The number of nitrogen functional groups attached to an aromatic ring is 1. The van der Waals surface area contributed by atoms with E-state index in [0.29, 0.717) is 23.0 Å². The van der Waals surface area contributed by atoms with Crippen LogP contribution in [0.15, 0.2) is 18.2 Å². The molecule has 2 N–H and O–H groups in total. The summed E-state index contributed by atoms with van der Waals surface area (Å²) >= 11 is 0. The highest BCUT2D eigenvalue weighted by atomic mass is 16.5. The number of likely N-dealkylation sites (tertiary alicyclic amines) is 1. The zero-order chi connectivity index (χ0) is 16.4. The van der Waals surface area contributed by atoms with Crippen LogP contribution >= 0.6 is 0 Å². The third-order valence-electron chi connectivity index (χ3n) is 4.99. The predicted octanol–water partition coefficient (Wildman–Crippen LogP) is 0.739. The van der Waals surface area contributed by atoms with Crippen LogP contribution in [0, 0.1) is 0 Å². The molecule has 2 heterocycles. The van der Waals surface area contributed by atoms with E-state index in [2.05, 4.69) is 16.8 Å². The van der Waals surface area contributed by atoms with Gasteiger partial charge in [0.1, 0.15) is 5.75 Å². The van der Waals surface area contributed by atoms with Crippen LogP contribution in [-0.4, -0.2) is 80.1 Å². The van der Waals surface area contributed by atoms with E-state index in [0.717, 1.165) is 45.7 Å². The van der Waals surface area contributed by atoms with Crippen molar-refractivity contribution in [3.05, 3.63) is 23.8 Å². The van der Waals surface area contributed by atoms with Crippen molar-refractivity contribution in [3.8, 4) is 5.75 Å². The quantitative estimate of drug-likeness (QED) is 0.833. The standard InChI is InChI=1S/C17H26N4O2/c1-19-7-9-20(10-8-19)14-5-6-21(12-14)17(22)13-3-4-15(18)16(11-13)23-2/h3-4,11,14H,5-10,12,18H2,1-2H3. The van der Waals surface area contributed by atoms with Gasteiger partial charge in [-0.15, -0.1) is 0 Å². The third kappa shape index (κ3) is 3.43. The third-order valence-corrected chi connectivity index (χ3v) is 4.99. The summed E-state index contributed by atoms with van der Waals surface area (Å²) in [4.78, 5) is 19.5. The maximum absolute atomic E-state index is 12.7. The SMILES string of the molecule is COc1cc(C(=O)N2CCC(N3CCN(C)CC3)C2)ccc1N. The molecule has 6 nitrogen and oxygen atoms in total. The van der Waals surface area contributed by atoms with E-state index in [9.17, 15) is 4.79 Å². The van der Waals surface area contributed by atoms with E-state index in [1.807, 2.05) is 4.90 Å². The molecule has 23 heavy (non-hydrogen) atoms. The first-order valence-electron chi connectivity index (χ1n) is 8.24. The van der Waals surface area contributed by atoms with Crippen molar-refractivity contribution in [2.45, 2.75) is 12.5 Å². The highest BCUT2D eigenvalue weighted by Gasteiger charge is 2.32. The average molecular weight is 318 g/mol. The van der Waals surface area contributed by atoms with Gasteiger partial charge in [-0.25, -0.2) is 0 Å². The van der Waals surface area contributed by atoms with Crippen molar-refractivity contribution >= 4 is 11.6 Å². The Morgan fingerprint density at radius 1 is 1.22 bits per heavy atom. The lowest BCUT2D eigenvalue weighted by Gasteiger charge is -2.36. The molecule has 1 atom stereocenters. The van der Waals surface area contributed by atoms with E-state index in [4.69, 9.17) is 10.5 Å². The molecular weight excluding hydrogens is 292 g/mol. The lowest BCUT2D eigenvalue weighted by molar-refractivity contribution is 0.0755. The van der Waals surface area contributed by atoms with Gasteiger partial charge in [0.15, 0.2) is 0 Å². The van der Waals surface area contributed by atoms with Gasteiger partial charge in [-0.3, -0.25) is 9.69 Å². The minimum absolute atomic E-state index is 0.0694. The summed E-state index contributed by atoms with van der Waals surface area (Å²) in [5, 5.41) is 0. The molecule has 126 valence electrons. The number of likely N-dealkylation sites (N-methyl/N-ethyl adjacent to an activating group) is 1. The van der Waals surface area contributed by atoms with Gasteiger partial charge in [-0.05, 0) is 31.7 Å².